The second-order valence-corrected chi connectivity index (χ2v) is 6.59. The Hall–Kier alpha value is -0.300. The van der Waals surface area contributed by atoms with Gasteiger partial charge >= 0.3 is 17.8 Å². The highest BCUT2D eigenvalue weighted by Crippen LogP contribution is 2.68. The van der Waals surface area contributed by atoms with Crippen LogP contribution in [0.1, 0.15) is 26.7 Å². The zero-order valence-corrected chi connectivity index (χ0v) is 11.1. The first kappa shape index (κ1) is 18.7. The molecule has 0 aliphatic carbocycles. The smallest absolute Gasteiger partial charge is 0.324 e. The van der Waals surface area contributed by atoms with E-state index in [1.165, 1.54) is 0 Å². The molecule has 1 unspecified atom stereocenters. The maximum absolute atomic E-state index is 13.3. The predicted octanol–water partition coefficient (Wildman–Crippen LogP) is 4.89. The molecule has 0 fully saturated rings. The quantitative estimate of drug-likeness (QED) is 0.379. The van der Waals surface area contributed by atoms with Crippen molar-refractivity contribution in [2.75, 3.05) is 12.8 Å². The molecule has 0 amide bonds. The van der Waals surface area contributed by atoms with Gasteiger partial charge in [-0.15, -0.1) is 0 Å². The summed E-state index contributed by atoms with van der Waals surface area (Å²) in [6.07, 6.45) is -7.08. The van der Waals surface area contributed by atoms with Crippen LogP contribution >= 0.6 is 7.37 Å². The van der Waals surface area contributed by atoms with E-state index in [1.54, 1.807) is 6.92 Å². The number of hydrogen-bond donors (Lipinski definition) is 0. The molecule has 1 atom stereocenters. The Morgan fingerprint density at radius 2 is 1.47 bits per heavy atom. The normalized spacial score (nSPS) is 17.3. The molecule has 10 heteroatoms. The maximum Gasteiger partial charge on any atom is 0.460 e. The van der Waals surface area contributed by atoms with Gasteiger partial charge in [0.2, 0.25) is 0 Å². The van der Waals surface area contributed by atoms with Gasteiger partial charge in [-0.1, -0.05) is 20.3 Å². The molecule has 0 bridgehead atoms. The highest BCUT2D eigenvalue weighted by molar-refractivity contribution is 7.60. The van der Waals surface area contributed by atoms with Crippen molar-refractivity contribution in [3.8, 4) is 0 Å². The Morgan fingerprint density at radius 1 is 1.00 bits per heavy atom. The number of rotatable bonds is 7. The summed E-state index contributed by atoms with van der Waals surface area (Å²) in [7, 11) is -5.45. The van der Waals surface area contributed by atoms with E-state index in [4.69, 9.17) is 0 Å². The molecule has 0 aliphatic heterocycles. The van der Waals surface area contributed by atoms with Crippen LogP contribution in [0.3, 0.4) is 0 Å². The van der Waals surface area contributed by atoms with Crippen molar-refractivity contribution < 1.29 is 39.8 Å². The molecule has 0 aliphatic rings. The highest BCUT2D eigenvalue weighted by atomic mass is 31.2. The van der Waals surface area contributed by atoms with Crippen molar-refractivity contribution in [1.29, 1.82) is 0 Å². The molecule has 2 nitrogen and oxygen atoms in total. The molecular formula is C9H14F7O2P. The average Bonchev–Trinajstić information content (AvgIpc) is 2.27. The van der Waals surface area contributed by atoms with Crippen LogP contribution in [-0.4, -0.2) is 30.5 Å². The summed E-state index contributed by atoms with van der Waals surface area (Å²) in [6, 6.07) is 0. The standard InChI is InChI=1S/C9H14F7O2P/c1-3-5-6-18-19(17,4-2)9(15,16)7(10,11)8(12,13)14/h3-6H2,1-2H3. The third-order valence-corrected chi connectivity index (χ3v) is 4.94. The second kappa shape index (κ2) is 5.99. The van der Waals surface area contributed by atoms with Gasteiger partial charge in [0.1, 0.15) is 0 Å². The van der Waals surface area contributed by atoms with E-state index in [1.807, 2.05) is 0 Å². The second-order valence-electron chi connectivity index (χ2n) is 3.79. The van der Waals surface area contributed by atoms with Crippen LogP contribution in [-0.2, 0) is 9.09 Å². The van der Waals surface area contributed by atoms with Crippen LogP contribution in [0.15, 0.2) is 0 Å². The minimum Gasteiger partial charge on any atom is -0.324 e. The van der Waals surface area contributed by atoms with Crippen molar-refractivity contribution in [2.45, 2.75) is 44.5 Å². The monoisotopic (exact) mass is 318 g/mol. The maximum atomic E-state index is 13.3. The van der Waals surface area contributed by atoms with Gasteiger partial charge in [0.25, 0.3) is 7.37 Å². The first-order valence-corrected chi connectivity index (χ1v) is 7.24. The van der Waals surface area contributed by atoms with Crippen LogP contribution in [0.5, 0.6) is 0 Å². The van der Waals surface area contributed by atoms with Gasteiger partial charge in [0.05, 0.1) is 6.61 Å². The van der Waals surface area contributed by atoms with E-state index in [0.29, 0.717) is 6.42 Å². The fourth-order valence-corrected chi connectivity index (χ4v) is 2.83. The predicted molar refractivity (Wildman–Crippen MR) is 55.0 cm³/mol. The zero-order valence-electron chi connectivity index (χ0n) is 10.2. The molecule has 0 heterocycles. The molecule has 0 radical (unpaired) electrons. The van der Waals surface area contributed by atoms with Crippen LogP contribution in [0, 0.1) is 0 Å². The molecule has 19 heavy (non-hydrogen) atoms. The Balaban J connectivity index is 5.39. The summed E-state index contributed by atoms with van der Waals surface area (Å²) < 4.78 is 104. The Bertz CT molecular complexity index is 340. The first-order valence-electron chi connectivity index (χ1n) is 5.43. The molecular weight excluding hydrogens is 304 g/mol. The lowest BCUT2D eigenvalue weighted by Crippen LogP contribution is -2.52. The van der Waals surface area contributed by atoms with Crippen LogP contribution in [0.4, 0.5) is 30.7 Å². The summed E-state index contributed by atoms with van der Waals surface area (Å²) in [5.41, 5.74) is -5.79. The third-order valence-electron chi connectivity index (χ3n) is 2.38. The lowest BCUT2D eigenvalue weighted by atomic mass is 10.3. The topological polar surface area (TPSA) is 26.3 Å². The van der Waals surface area contributed by atoms with Crippen molar-refractivity contribution in [2.24, 2.45) is 0 Å². The molecule has 0 spiro atoms. The van der Waals surface area contributed by atoms with E-state index in [0.717, 1.165) is 6.92 Å². The number of halogens is 7. The third kappa shape index (κ3) is 3.42. The summed E-state index contributed by atoms with van der Waals surface area (Å²) in [4.78, 5) is 0. The molecule has 0 N–H and O–H groups in total. The van der Waals surface area contributed by atoms with Gasteiger partial charge in [-0.25, -0.2) is 0 Å². The number of hydrogen-bond acceptors (Lipinski definition) is 2. The summed E-state index contributed by atoms with van der Waals surface area (Å²) in [6.45, 7) is 1.86. The van der Waals surface area contributed by atoms with Gasteiger partial charge in [-0.2, -0.15) is 30.7 Å². The summed E-state index contributed by atoms with van der Waals surface area (Å²) in [5.74, 6) is -6.41. The highest BCUT2D eigenvalue weighted by Gasteiger charge is 2.79. The van der Waals surface area contributed by atoms with Gasteiger partial charge in [0.15, 0.2) is 0 Å². The molecule has 0 rings (SSSR count). The van der Waals surface area contributed by atoms with Crippen molar-refractivity contribution >= 4 is 7.37 Å². The molecule has 0 aromatic heterocycles. The van der Waals surface area contributed by atoms with E-state index in [2.05, 4.69) is 4.52 Å². The van der Waals surface area contributed by atoms with Crippen LogP contribution < -0.4 is 0 Å². The molecule has 0 aromatic carbocycles. The zero-order chi connectivity index (χ0) is 15.5. The lowest BCUT2D eigenvalue weighted by Gasteiger charge is -2.33. The van der Waals surface area contributed by atoms with Crippen molar-refractivity contribution in [3.63, 3.8) is 0 Å². The fourth-order valence-electron chi connectivity index (χ4n) is 1.11. The Kier molecular flexibility index (Phi) is 5.90. The molecule has 0 aromatic rings. The Labute approximate surface area is 105 Å². The van der Waals surface area contributed by atoms with Crippen molar-refractivity contribution in [3.05, 3.63) is 0 Å². The van der Waals surface area contributed by atoms with E-state index in [-0.39, 0.29) is 6.42 Å². The number of unbranched alkanes of at least 4 members (excludes halogenated alkanes) is 1. The molecule has 0 saturated heterocycles. The molecule has 0 saturated carbocycles. The summed E-state index contributed by atoms with van der Waals surface area (Å²) in [5, 5.41) is 0. The lowest BCUT2D eigenvalue weighted by molar-refractivity contribution is -0.334. The van der Waals surface area contributed by atoms with Gasteiger partial charge in [-0.3, -0.25) is 4.57 Å². The van der Waals surface area contributed by atoms with E-state index >= 15 is 0 Å². The molecule has 116 valence electrons. The first-order chi connectivity index (χ1) is 8.37. The summed E-state index contributed by atoms with van der Waals surface area (Å²) >= 11 is 0. The average molecular weight is 318 g/mol. The van der Waals surface area contributed by atoms with Gasteiger partial charge < -0.3 is 4.52 Å². The SMILES string of the molecule is CCCCOP(=O)(CC)C(F)(F)C(F)(F)C(F)(F)F. The minimum absolute atomic E-state index is 0.123. The number of alkyl halides is 7. The van der Waals surface area contributed by atoms with Gasteiger partial charge in [0, 0.05) is 6.16 Å². The van der Waals surface area contributed by atoms with Crippen molar-refractivity contribution in [1.82, 2.24) is 0 Å². The van der Waals surface area contributed by atoms with E-state index < -0.39 is 37.9 Å². The largest absolute Gasteiger partial charge is 0.460 e. The minimum atomic E-state index is -6.50. The Morgan fingerprint density at radius 3 is 1.79 bits per heavy atom. The van der Waals surface area contributed by atoms with Crippen LogP contribution in [0.2, 0.25) is 0 Å². The van der Waals surface area contributed by atoms with E-state index in [9.17, 15) is 35.3 Å². The fraction of sp³-hybridized carbons (Fsp3) is 1.00. The van der Waals surface area contributed by atoms with Gasteiger partial charge in [-0.05, 0) is 6.42 Å². The van der Waals surface area contributed by atoms with Crippen LogP contribution in [0.25, 0.3) is 0 Å².